The maximum absolute atomic E-state index is 13.8. The van der Waals surface area contributed by atoms with Crippen molar-refractivity contribution in [2.24, 2.45) is 22.7 Å². The Morgan fingerprint density at radius 2 is 1.75 bits per heavy atom. The average Bonchev–Trinajstić information content (AvgIpc) is 2.99. The number of hydrogen-bond acceptors (Lipinski definition) is 13. The van der Waals surface area contributed by atoms with Crippen molar-refractivity contribution in [1.29, 1.82) is 0 Å². The summed E-state index contributed by atoms with van der Waals surface area (Å²) in [6, 6.07) is -1.08. The van der Waals surface area contributed by atoms with E-state index in [4.69, 9.17) is 28.4 Å². The summed E-state index contributed by atoms with van der Waals surface area (Å²) < 4.78 is 36.0. The second-order valence-corrected chi connectivity index (χ2v) is 17.2. The van der Waals surface area contributed by atoms with Crippen LogP contribution in [0.5, 0.6) is 0 Å². The number of carbonyl (C=O) groups excluding carboxylic acids is 3. The highest BCUT2D eigenvalue weighted by atomic mass is 16.7. The SMILES string of the molecule is C=CC1OC2CC3OC[C@@]3(O)[C@H]3[C@H](O)C4(O)C[C@H](OC(=O)C(O)[C@H](CC(C)C)NC(=O)OC(C)(C)C)C(C)=C([C@H](OC(C)=O)[C@H](O1)C23C)C4(C)C. The first-order valence-corrected chi connectivity index (χ1v) is 17.9. The first-order valence-electron chi connectivity index (χ1n) is 17.9. The van der Waals surface area contributed by atoms with E-state index in [1.165, 1.54) is 13.0 Å². The number of alkyl carbamates (subject to hydrolysis) is 1. The van der Waals surface area contributed by atoms with Crippen LogP contribution >= 0.6 is 0 Å². The van der Waals surface area contributed by atoms with E-state index in [1.807, 2.05) is 13.8 Å². The lowest BCUT2D eigenvalue weighted by Gasteiger charge is -2.70. The molecule has 2 bridgehead atoms. The molecule has 0 radical (unpaired) electrons. The van der Waals surface area contributed by atoms with Crippen LogP contribution in [0.3, 0.4) is 0 Å². The lowest BCUT2D eigenvalue weighted by molar-refractivity contribution is -0.406. The van der Waals surface area contributed by atoms with Crippen LogP contribution in [0.2, 0.25) is 0 Å². The van der Waals surface area contributed by atoms with E-state index in [1.54, 1.807) is 48.5 Å². The minimum atomic E-state index is -2.10. The fourth-order valence-electron chi connectivity index (χ4n) is 9.42. The Balaban J connectivity index is 1.61. The summed E-state index contributed by atoms with van der Waals surface area (Å²) in [7, 11) is 0. The molecule has 288 valence electrons. The number of ether oxygens (including phenoxy) is 6. The third-order valence-electron chi connectivity index (χ3n) is 11.9. The largest absolute Gasteiger partial charge is 0.456 e. The van der Waals surface area contributed by atoms with Gasteiger partial charge in [-0.3, -0.25) is 4.79 Å². The van der Waals surface area contributed by atoms with E-state index >= 15 is 0 Å². The summed E-state index contributed by atoms with van der Waals surface area (Å²) in [5.74, 6) is -2.91. The Kier molecular flexibility index (Phi) is 10.4. The molecule has 4 fully saturated rings. The van der Waals surface area contributed by atoms with Crippen LogP contribution in [0.15, 0.2) is 23.8 Å². The zero-order valence-corrected chi connectivity index (χ0v) is 31.4. The molecule has 2 heterocycles. The fourth-order valence-corrected chi connectivity index (χ4v) is 9.42. The smallest absolute Gasteiger partial charge is 0.407 e. The minimum absolute atomic E-state index is 0.0451. The molecule has 2 saturated heterocycles. The maximum atomic E-state index is 13.8. The van der Waals surface area contributed by atoms with E-state index in [2.05, 4.69) is 11.9 Å². The van der Waals surface area contributed by atoms with Crippen LogP contribution in [0.1, 0.15) is 88.5 Å². The normalized spacial score (nSPS) is 41.0. The van der Waals surface area contributed by atoms with Gasteiger partial charge in [0.25, 0.3) is 0 Å². The molecule has 0 aromatic heterocycles. The molecular weight excluding hydrogens is 666 g/mol. The number of rotatable bonds is 8. The summed E-state index contributed by atoms with van der Waals surface area (Å²) >= 11 is 0. The minimum Gasteiger partial charge on any atom is -0.456 e. The molecule has 5 aliphatic rings. The summed E-state index contributed by atoms with van der Waals surface area (Å²) in [6.07, 6.45) is -8.54. The van der Waals surface area contributed by atoms with Gasteiger partial charge < -0.3 is 54.2 Å². The summed E-state index contributed by atoms with van der Waals surface area (Å²) in [5, 5.41) is 51.6. The number of aliphatic hydroxyl groups is 4. The third kappa shape index (κ3) is 6.52. The molecule has 3 aliphatic carbocycles. The Morgan fingerprint density at radius 1 is 1.10 bits per heavy atom. The fraction of sp³-hybridized carbons (Fsp3) is 0.811. The summed E-state index contributed by atoms with van der Waals surface area (Å²) in [4.78, 5) is 39.4. The van der Waals surface area contributed by atoms with E-state index in [0.29, 0.717) is 11.1 Å². The molecule has 14 heteroatoms. The van der Waals surface area contributed by atoms with Gasteiger partial charge >= 0.3 is 18.0 Å². The van der Waals surface area contributed by atoms with Crippen molar-refractivity contribution in [1.82, 2.24) is 5.32 Å². The number of carbonyl (C=O) groups is 3. The molecule has 14 nitrogen and oxygen atoms in total. The number of aliphatic hydroxyl groups excluding tert-OH is 2. The van der Waals surface area contributed by atoms with Gasteiger partial charge in [-0.25, -0.2) is 9.59 Å². The standard InChI is InChI=1S/C37H57NO13/c1-12-24-49-22-14-23-36(44,16-46-23)28-29(41)37(45)15-21(48-31(42)26(40)20(13-17(2)3)38-32(43)51-33(6,7)8)18(4)25(34(37,9)10)27(47-19(5)39)30(50-24)35(22,28)11/h12,17,20-24,26-30,40-41,44-45H,1,13-16H2,2-11H3,(H,38,43)/t20-,21-,22?,23?,24?,26?,27-,28-,29-,30-,35?,36-,37?/m0/s1. The lowest BCUT2D eigenvalue weighted by atomic mass is 9.44. The molecule has 13 atom stereocenters. The molecule has 0 aromatic carbocycles. The van der Waals surface area contributed by atoms with Gasteiger partial charge in [-0.15, -0.1) is 0 Å². The molecule has 0 aromatic rings. The monoisotopic (exact) mass is 723 g/mol. The number of amides is 1. The van der Waals surface area contributed by atoms with E-state index in [0.717, 1.165) is 0 Å². The van der Waals surface area contributed by atoms with Crippen LogP contribution in [-0.2, 0) is 38.0 Å². The van der Waals surface area contributed by atoms with Crippen LogP contribution in [0.25, 0.3) is 0 Å². The predicted octanol–water partition coefficient (Wildman–Crippen LogP) is 2.43. The molecule has 51 heavy (non-hydrogen) atoms. The Hall–Kier alpha value is -2.59. The Bertz CT molecular complexity index is 1440. The van der Waals surface area contributed by atoms with Crippen molar-refractivity contribution >= 4 is 18.0 Å². The van der Waals surface area contributed by atoms with Crippen molar-refractivity contribution in [3.05, 3.63) is 23.8 Å². The molecule has 0 spiro atoms. The van der Waals surface area contributed by atoms with E-state index < -0.39 is 107 Å². The molecule has 5 rings (SSSR count). The Labute approximate surface area is 299 Å². The number of esters is 2. The molecular formula is C37H57NO13. The molecule has 1 amide bonds. The van der Waals surface area contributed by atoms with Gasteiger partial charge in [-0.1, -0.05) is 41.2 Å². The average molecular weight is 724 g/mol. The molecule has 5 N–H and O–H groups in total. The van der Waals surface area contributed by atoms with E-state index in [-0.39, 0.29) is 31.8 Å². The molecule has 2 aliphatic heterocycles. The van der Waals surface area contributed by atoms with E-state index in [9.17, 15) is 34.8 Å². The summed E-state index contributed by atoms with van der Waals surface area (Å²) in [6.45, 7) is 20.7. The quantitative estimate of drug-likeness (QED) is 0.139. The van der Waals surface area contributed by atoms with Crippen LogP contribution in [-0.4, -0.2) is 117 Å². The predicted molar refractivity (Wildman–Crippen MR) is 181 cm³/mol. The zero-order valence-electron chi connectivity index (χ0n) is 31.4. The zero-order chi connectivity index (χ0) is 38.2. The van der Waals surface area contributed by atoms with Crippen molar-refractivity contribution in [3.8, 4) is 0 Å². The molecule has 6 unspecified atom stereocenters. The number of fused-ring (bicyclic) bond motifs is 4. The van der Waals surface area contributed by atoms with Crippen LogP contribution < -0.4 is 5.32 Å². The highest BCUT2D eigenvalue weighted by Gasteiger charge is 2.77. The van der Waals surface area contributed by atoms with Crippen molar-refractivity contribution in [2.75, 3.05) is 6.61 Å². The lowest BCUT2D eigenvalue weighted by Crippen LogP contribution is -2.82. The maximum Gasteiger partial charge on any atom is 0.407 e. The number of hydrogen-bond donors (Lipinski definition) is 5. The Morgan fingerprint density at radius 3 is 2.27 bits per heavy atom. The van der Waals surface area contributed by atoms with Crippen molar-refractivity contribution in [3.63, 3.8) is 0 Å². The second kappa shape index (κ2) is 13.4. The van der Waals surface area contributed by atoms with Crippen molar-refractivity contribution < 1.29 is 63.2 Å². The second-order valence-electron chi connectivity index (χ2n) is 17.2. The van der Waals surface area contributed by atoms with Gasteiger partial charge in [0.15, 0.2) is 18.5 Å². The van der Waals surface area contributed by atoms with Gasteiger partial charge in [0.1, 0.15) is 29.0 Å². The van der Waals surface area contributed by atoms with Crippen molar-refractivity contribution in [2.45, 2.75) is 160 Å². The number of nitrogens with one attached hydrogen (secondary N) is 1. The third-order valence-corrected chi connectivity index (χ3v) is 11.9. The van der Waals surface area contributed by atoms with Gasteiger partial charge in [-0.05, 0) is 57.3 Å². The van der Waals surface area contributed by atoms with Crippen LogP contribution in [0.4, 0.5) is 4.79 Å². The van der Waals surface area contributed by atoms with Gasteiger partial charge in [0.2, 0.25) is 0 Å². The van der Waals surface area contributed by atoms with Gasteiger partial charge in [0.05, 0.1) is 31.0 Å². The topological polar surface area (TPSA) is 200 Å². The van der Waals surface area contributed by atoms with Crippen LogP contribution in [0, 0.1) is 22.7 Å². The first kappa shape index (κ1) is 39.6. The summed E-state index contributed by atoms with van der Waals surface area (Å²) in [5.41, 5.74) is -6.35. The molecule has 2 saturated carbocycles. The van der Waals surface area contributed by atoms with Gasteiger partial charge in [-0.2, -0.15) is 0 Å². The van der Waals surface area contributed by atoms with Gasteiger partial charge in [0, 0.05) is 36.5 Å². The highest BCUT2D eigenvalue weighted by Crippen LogP contribution is 2.65. The first-order chi connectivity index (χ1) is 23.4. The highest BCUT2D eigenvalue weighted by molar-refractivity contribution is 5.77.